The van der Waals surface area contributed by atoms with Gasteiger partial charge in [-0.2, -0.15) is 0 Å². The van der Waals surface area contributed by atoms with Crippen molar-refractivity contribution in [2.75, 3.05) is 14.2 Å². The molecule has 0 aliphatic carbocycles. The molecule has 0 saturated heterocycles. The number of hydrogen-bond acceptors (Lipinski definition) is 3. The lowest BCUT2D eigenvalue weighted by molar-refractivity contribution is 0.401. The molecule has 2 aromatic carbocycles. The van der Waals surface area contributed by atoms with Crippen molar-refractivity contribution < 1.29 is 9.47 Å². The summed E-state index contributed by atoms with van der Waals surface area (Å²) >= 11 is 3.51. The van der Waals surface area contributed by atoms with Gasteiger partial charge in [-0.15, -0.1) is 0 Å². The molecule has 2 aromatic rings. The molecule has 0 radical (unpaired) electrons. The molecule has 0 aromatic heterocycles. The van der Waals surface area contributed by atoms with E-state index in [-0.39, 0.29) is 6.04 Å². The molecule has 112 valence electrons. The van der Waals surface area contributed by atoms with Gasteiger partial charge in [0.2, 0.25) is 0 Å². The minimum Gasteiger partial charge on any atom is -0.496 e. The predicted molar refractivity (Wildman–Crippen MR) is 88.9 cm³/mol. The molecule has 4 heteroatoms. The first kappa shape index (κ1) is 15.9. The average Bonchev–Trinajstić information content (AvgIpc) is 2.52. The van der Waals surface area contributed by atoms with Crippen LogP contribution in [0, 0.1) is 0 Å². The third kappa shape index (κ3) is 3.99. The Hall–Kier alpha value is -1.52. The highest BCUT2D eigenvalue weighted by atomic mass is 79.9. The zero-order valence-corrected chi connectivity index (χ0v) is 14.1. The average molecular weight is 350 g/mol. The summed E-state index contributed by atoms with van der Waals surface area (Å²) in [6.07, 6.45) is 0. The van der Waals surface area contributed by atoms with E-state index in [2.05, 4.69) is 46.4 Å². The maximum Gasteiger partial charge on any atom is 0.133 e. The van der Waals surface area contributed by atoms with Crippen molar-refractivity contribution in [3.8, 4) is 11.5 Å². The first-order valence-electron chi connectivity index (χ1n) is 6.84. The molecule has 0 fully saturated rings. The fourth-order valence-electron chi connectivity index (χ4n) is 2.22. The number of hydrogen-bond donors (Lipinski definition) is 1. The van der Waals surface area contributed by atoms with Gasteiger partial charge in [0.25, 0.3) is 0 Å². The Morgan fingerprint density at radius 3 is 2.43 bits per heavy atom. The Balaban J connectivity index is 2.04. The molecule has 0 saturated carbocycles. The van der Waals surface area contributed by atoms with Crippen LogP contribution in [0.1, 0.15) is 24.1 Å². The number of halogens is 1. The van der Waals surface area contributed by atoms with Crippen LogP contribution < -0.4 is 14.8 Å². The summed E-state index contributed by atoms with van der Waals surface area (Å²) in [5.74, 6) is 1.75. The summed E-state index contributed by atoms with van der Waals surface area (Å²) in [4.78, 5) is 0. The molecule has 21 heavy (non-hydrogen) atoms. The number of benzene rings is 2. The van der Waals surface area contributed by atoms with E-state index in [1.165, 1.54) is 5.56 Å². The molecule has 0 spiro atoms. The van der Waals surface area contributed by atoms with E-state index in [9.17, 15) is 0 Å². The number of methoxy groups -OCH3 is 2. The smallest absolute Gasteiger partial charge is 0.133 e. The lowest BCUT2D eigenvalue weighted by atomic mass is 10.1. The van der Waals surface area contributed by atoms with Gasteiger partial charge in [0.05, 0.1) is 18.7 Å². The Morgan fingerprint density at radius 2 is 1.76 bits per heavy atom. The van der Waals surface area contributed by atoms with E-state index in [0.717, 1.165) is 28.1 Å². The van der Waals surface area contributed by atoms with Crippen molar-refractivity contribution in [2.45, 2.75) is 19.5 Å². The van der Waals surface area contributed by atoms with Crippen LogP contribution >= 0.6 is 15.9 Å². The maximum atomic E-state index is 5.40. The zero-order chi connectivity index (χ0) is 15.2. The fraction of sp³-hybridized carbons (Fsp3) is 0.294. The number of ether oxygens (including phenoxy) is 2. The second-order valence-corrected chi connectivity index (χ2v) is 5.67. The third-order valence-corrected chi connectivity index (χ3v) is 4.05. The van der Waals surface area contributed by atoms with Gasteiger partial charge in [-0.1, -0.05) is 24.3 Å². The van der Waals surface area contributed by atoms with Gasteiger partial charge in [-0.05, 0) is 46.6 Å². The largest absolute Gasteiger partial charge is 0.496 e. The summed E-state index contributed by atoms with van der Waals surface area (Å²) in [7, 11) is 3.37. The molecule has 0 bridgehead atoms. The van der Waals surface area contributed by atoms with E-state index in [0.29, 0.717) is 0 Å². The van der Waals surface area contributed by atoms with Crippen LogP contribution in [0.15, 0.2) is 46.9 Å². The van der Waals surface area contributed by atoms with E-state index in [4.69, 9.17) is 9.47 Å². The third-order valence-electron chi connectivity index (χ3n) is 3.43. The van der Waals surface area contributed by atoms with Gasteiger partial charge >= 0.3 is 0 Å². The first-order chi connectivity index (χ1) is 10.2. The quantitative estimate of drug-likeness (QED) is 0.842. The number of rotatable bonds is 6. The second kappa shape index (κ2) is 7.48. The minimum absolute atomic E-state index is 0.210. The van der Waals surface area contributed by atoms with Crippen molar-refractivity contribution in [3.05, 3.63) is 58.1 Å². The van der Waals surface area contributed by atoms with Crippen LogP contribution in [0.25, 0.3) is 0 Å². The monoisotopic (exact) mass is 349 g/mol. The van der Waals surface area contributed by atoms with E-state index >= 15 is 0 Å². The highest BCUT2D eigenvalue weighted by molar-refractivity contribution is 9.10. The van der Waals surface area contributed by atoms with Gasteiger partial charge in [0, 0.05) is 18.2 Å². The van der Waals surface area contributed by atoms with E-state index in [1.807, 2.05) is 24.3 Å². The maximum absolute atomic E-state index is 5.40. The van der Waals surface area contributed by atoms with Gasteiger partial charge in [0.15, 0.2) is 0 Å². The van der Waals surface area contributed by atoms with E-state index < -0.39 is 0 Å². The van der Waals surface area contributed by atoms with Crippen LogP contribution in [0.2, 0.25) is 0 Å². The molecule has 1 atom stereocenters. The SMILES string of the molecule is COc1ccc(CN[C@@H](C)c2ccccc2OC)cc1Br. The normalized spacial score (nSPS) is 12.0. The summed E-state index contributed by atoms with van der Waals surface area (Å²) in [6, 6.07) is 14.4. The molecule has 0 aliphatic heterocycles. The predicted octanol–water partition coefficient (Wildman–Crippen LogP) is 4.32. The summed E-state index contributed by atoms with van der Waals surface area (Å²) in [6.45, 7) is 2.91. The zero-order valence-electron chi connectivity index (χ0n) is 12.5. The van der Waals surface area contributed by atoms with Crippen molar-refractivity contribution >= 4 is 15.9 Å². The van der Waals surface area contributed by atoms with Crippen LogP contribution in [0.4, 0.5) is 0 Å². The van der Waals surface area contributed by atoms with Crippen LogP contribution in [-0.2, 0) is 6.54 Å². The molecule has 0 amide bonds. The summed E-state index contributed by atoms with van der Waals surface area (Å²) < 4.78 is 11.6. The molecule has 0 unspecified atom stereocenters. The number of para-hydroxylation sites is 1. The highest BCUT2D eigenvalue weighted by Crippen LogP contribution is 2.27. The lowest BCUT2D eigenvalue weighted by Gasteiger charge is -2.17. The molecule has 1 N–H and O–H groups in total. The molecule has 2 rings (SSSR count). The Labute approximate surface area is 134 Å². The van der Waals surface area contributed by atoms with Gasteiger partial charge in [-0.25, -0.2) is 0 Å². The van der Waals surface area contributed by atoms with Gasteiger partial charge in [0.1, 0.15) is 11.5 Å². The Morgan fingerprint density at radius 1 is 1.05 bits per heavy atom. The lowest BCUT2D eigenvalue weighted by Crippen LogP contribution is -2.18. The van der Waals surface area contributed by atoms with Crippen LogP contribution in [0.3, 0.4) is 0 Å². The second-order valence-electron chi connectivity index (χ2n) is 4.81. The molecular formula is C17H20BrNO2. The molecule has 0 heterocycles. The van der Waals surface area contributed by atoms with E-state index in [1.54, 1.807) is 14.2 Å². The summed E-state index contributed by atoms with van der Waals surface area (Å²) in [5.41, 5.74) is 2.36. The molecule has 3 nitrogen and oxygen atoms in total. The minimum atomic E-state index is 0.210. The van der Waals surface area contributed by atoms with Gasteiger partial charge < -0.3 is 14.8 Å². The van der Waals surface area contributed by atoms with Crippen molar-refractivity contribution in [1.29, 1.82) is 0 Å². The van der Waals surface area contributed by atoms with Crippen molar-refractivity contribution in [2.24, 2.45) is 0 Å². The number of nitrogens with one attached hydrogen (secondary N) is 1. The Kier molecular flexibility index (Phi) is 5.65. The van der Waals surface area contributed by atoms with Crippen LogP contribution in [-0.4, -0.2) is 14.2 Å². The first-order valence-corrected chi connectivity index (χ1v) is 7.63. The van der Waals surface area contributed by atoms with Crippen molar-refractivity contribution in [3.63, 3.8) is 0 Å². The standard InChI is InChI=1S/C17H20BrNO2/c1-12(14-6-4-5-7-16(14)20-2)19-11-13-8-9-17(21-3)15(18)10-13/h4-10,12,19H,11H2,1-3H3/t12-/m0/s1. The Bertz CT molecular complexity index is 601. The highest BCUT2D eigenvalue weighted by Gasteiger charge is 2.10. The van der Waals surface area contributed by atoms with Crippen LogP contribution in [0.5, 0.6) is 11.5 Å². The van der Waals surface area contributed by atoms with Crippen molar-refractivity contribution in [1.82, 2.24) is 5.32 Å². The molecular weight excluding hydrogens is 330 g/mol. The fourth-order valence-corrected chi connectivity index (χ4v) is 2.81. The summed E-state index contributed by atoms with van der Waals surface area (Å²) in [5, 5.41) is 3.51. The van der Waals surface area contributed by atoms with Gasteiger partial charge in [-0.3, -0.25) is 0 Å². The topological polar surface area (TPSA) is 30.5 Å². The molecule has 0 aliphatic rings.